The van der Waals surface area contributed by atoms with E-state index in [1.54, 1.807) is 0 Å². The van der Waals surface area contributed by atoms with Gasteiger partial charge in [-0.2, -0.15) is 0 Å². The zero-order chi connectivity index (χ0) is 4.83. The first-order valence-electron chi connectivity index (χ1n) is 1.73. The van der Waals surface area contributed by atoms with E-state index < -0.39 is 0 Å². The Morgan fingerprint density at radius 2 is 2.33 bits per heavy atom. The average Bonchev–Trinajstić information content (AvgIpc) is 1.61. The van der Waals surface area contributed by atoms with Crippen LogP contribution in [0.25, 0.3) is 0 Å². The molecule has 0 N–H and O–H groups in total. The average molecular weight is 200 g/mol. The van der Waals surface area contributed by atoms with Gasteiger partial charge in [0, 0.05) is 4.43 Å². The molecule has 0 fully saturated rings. The highest BCUT2D eigenvalue weighted by atomic mass is 127. The van der Waals surface area contributed by atoms with Crippen LogP contribution in [0.1, 0.15) is 6.42 Å². The molecule has 0 aromatic rings. The molecule has 0 unspecified atom stereocenters. The highest BCUT2D eigenvalue weighted by Crippen LogP contribution is 1.88. The lowest BCUT2D eigenvalue weighted by atomic mass is 10.5. The second-order valence-corrected chi connectivity index (χ2v) is 1.92. The van der Waals surface area contributed by atoms with Crippen LogP contribution in [0.5, 0.6) is 0 Å². The van der Waals surface area contributed by atoms with Crippen molar-refractivity contribution in [1.82, 2.24) is 0 Å². The third-order valence-corrected chi connectivity index (χ3v) is 0.988. The van der Waals surface area contributed by atoms with E-state index >= 15 is 0 Å². The first kappa shape index (κ1) is 6.40. The van der Waals surface area contributed by atoms with Crippen molar-refractivity contribution >= 4 is 22.6 Å². The standard InChI is InChI=1S/C4H6FI/c5-3-1-2-4-6/h1,3H,2,4H2. The summed E-state index contributed by atoms with van der Waals surface area (Å²) in [6, 6.07) is 0. The van der Waals surface area contributed by atoms with Crippen LogP contribution < -0.4 is 0 Å². The van der Waals surface area contributed by atoms with Crippen molar-refractivity contribution in [3.63, 3.8) is 0 Å². The molecule has 0 aromatic carbocycles. The molecular weight excluding hydrogens is 194 g/mol. The summed E-state index contributed by atoms with van der Waals surface area (Å²) in [5.74, 6) is 0. The van der Waals surface area contributed by atoms with Crippen LogP contribution in [0, 0.1) is 0 Å². The Kier molecular flexibility index (Phi) is 5.76. The molecule has 0 bridgehead atoms. The van der Waals surface area contributed by atoms with Gasteiger partial charge >= 0.3 is 0 Å². The van der Waals surface area contributed by atoms with Crippen molar-refractivity contribution < 1.29 is 4.39 Å². The molecule has 6 heavy (non-hydrogen) atoms. The molecule has 0 atom stereocenters. The van der Waals surface area contributed by atoms with Crippen molar-refractivity contribution in [3.8, 4) is 0 Å². The summed E-state index contributed by atoms with van der Waals surface area (Å²) < 4.78 is 12.0. The minimum absolute atomic E-state index is 0.582. The Labute approximate surface area is 50.6 Å². The molecule has 0 amide bonds. The summed E-state index contributed by atoms with van der Waals surface area (Å²) in [6.07, 6.45) is 2.93. The van der Waals surface area contributed by atoms with Crippen molar-refractivity contribution in [1.29, 1.82) is 0 Å². The van der Waals surface area contributed by atoms with Crippen LogP contribution >= 0.6 is 22.6 Å². The fourth-order valence-corrected chi connectivity index (χ4v) is 0.486. The van der Waals surface area contributed by atoms with Gasteiger partial charge in [-0.3, -0.25) is 0 Å². The first-order chi connectivity index (χ1) is 2.91. The third-order valence-electron chi connectivity index (χ3n) is 0.365. The van der Waals surface area contributed by atoms with E-state index in [9.17, 15) is 4.39 Å². The first-order valence-corrected chi connectivity index (χ1v) is 3.25. The minimum Gasteiger partial charge on any atom is -0.216 e. The summed E-state index contributed by atoms with van der Waals surface area (Å²) in [5.41, 5.74) is 0. The number of alkyl halides is 1. The van der Waals surface area contributed by atoms with Crippen molar-refractivity contribution in [2.45, 2.75) is 6.42 Å². The van der Waals surface area contributed by atoms with Crippen LogP contribution in [0.4, 0.5) is 4.39 Å². The molecule has 0 heterocycles. The zero-order valence-electron chi connectivity index (χ0n) is 3.32. The molecule has 2 heteroatoms. The number of hydrogen-bond donors (Lipinski definition) is 0. The Morgan fingerprint density at radius 3 is 2.50 bits per heavy atom. The second-order valence-electron chi connectivity index (χ2n) is 0.839. The van der Waals surface area contributed by atoms with Gasteiger partial charge in [0.1, 0.15) is 0 Å². The summed E-state index contributed by atoms with van der Waals surface area (Å²) in [6.45, 7) is 0. The molecule has 0 aliphatic heterocycles. The van der Waals surface area contributed by atoms with E-state index in [1.807, 2.05) is 0 Å². The molecule has 0 rings (SSSR count). The summed E-state index contributed by atoms with van der Waals surface area (Å²) in [4.78, 5) is 0. The van der Waals surface area contributed by atoms with Crippen molar-refractivity contribution in [3.05, 3.63) is 12.4 Å². The monoisotopic (exact) mass is 200 g/mol. The van der Waals surface area contributed by atoms with Gasteiger partial charge in [-0.1, -0.05) is 28.7 Å². The lowest BCUT2D eigenvalue weighted by molar-refractivity contribution is 0.716. The van der Waals surface area contributed by atoms with Crippen molar-refractivity contribution in [2.24, 2.45) is 0 Å². The maximum atomic E-state index is 11.0. The quantitative estimate of drug-likeness (QED) is 0.473. The smallest absolute Gasteiger partial charge is 0.0827 e. The fourth-order valence-electron chi connectivity index (χ4n) is 0.126. The van der Waals surface area contributed by atoms with Crippen LogP contribution in [0.3, 0.4) is 0 Å². The number of halogens is 2. The number of allylic oxidation sites excluding steroid dienone is 1. The van der Waals surface area contributed by atoms with Crippen LogP contribution in [-0.4, -0.2) is 4.43 Å². The number of rotatable bonds is 2. The molecule has 0 saturated carbocycles. The van der Waals surface area contributed by atoms with E-state index in [-0.39, 0.29) is 0 Å². The topological polar surface area (TPSA) is 0 Å². The van der Waals surface area contributed by atoms with Gasteiger partial charge in [-0.25, -0.2) is 4.39 Å². The highest BCUT2D eigenvalue weighted by Gasteiger charge is 1.68. The molecule has 0 saturated heterocycles. The molecular formula is C4H6FI. The minimum atomic E-state index is 0.582. The van der Waals surface area contributed by atoms with E-state index in [0.717, 1.165) is 10.8 Å². The molecule has 0 radical (unpaired) electrons. The molecule has 36 valence electrons. The van der Waals surface area contributed by atoms with Gasteiger partial charge < -0.3 is 0 Å². The zero-order valence-corrected chi connectivity index (χ0v) is 5.48. The number of hydrogen-bond acceptors (Lipinski definition) is 0. The SMILES string of the molecule is FC=CCCI. The van der Waals surface area contributed by atoms with Gasteiger partial charge in [0.15, 0.2) is 0 Å². The van der Waals surface area contributed by atoms with E-state index in [4.69, 9.17) is 0 Å². The molecule has 0 spiro atoms. The summed E-state index contributed by atoms with van der Waals surface area (Å²) in [5, 5.41) is 0. The van der Waals surface area contributed by atoms with Crippen LogP contribution in [0.2, 0.25) is 0 Å². The predicted molar refractivity (Wildman–Crippen MR) is 33.8 cm³/mol. The molecule has 0 nitrogen and oxygen atoms in total. The van der Waals surface area contributed by atoms with Gasteiger partial charge in [-0.05, 0) is 6.42 Å². The Bertz CT molecular complexity index is 42.8. The maximum Gasteiger partial charge on any atom is 0.0827 e. The lowest BCUT2D eigenvalue weighted by Crippen LogP contribution is -1.60. The summed E-state index contributed by atoms with van der Waals surface area (Å²) in [7, 11) is 0. The Balaban J connectivity index is 2.66. The largest absolute Gasteiger partial charge is 0.216 e. The molecule has 0 aliphatic carbocycles. The van der Waals surface area contributed by atoms with Crippen LogP contribution in [0.15, 0.2) is 12.4 Å². The van der Waals surface area contributed by atoms with Crippen LogP contribution in [-0.2, 0) is 0 Å². The van der Waals surface area contributed by atoms with Gasteiger partial charge in [0.05, 0.1) is 6.33 Å². The second kappa shape index (κ2) is 5.40. The molecule has 0 aromatic heterocycles. The predicted octanol–water partition coefficient (Wildman–Crippen LogP) is 2.29. The lowest BCUT2D eigenvalue weighted by Gasteiger charge is -1.73. The van der Waals surface area contributed by atoms with E-state index in [1.165, 1.54) is 6.08 Å². The van der Waals surface area contributed by atoms with Crippen molar-refractivity contribution in [2.75, 3.05) is 4.43 Å². The molecule has 0 aliphatic rings. The maximum absolute atomic E-state index is 11.0. The Hall–Kier alpha value is 0.400. The van der Waals surface area contributed by atoms with E-state index in [0.29, 0.717) is 6.33 Å². The van der Waals surface area contributed by atoms with Gasteiger partial charge in [0.25, 0.3) is 0 Å². The summed E-state index contributed by atoms with van der Waals surface area (Å²) >= 11 is 2.19. The fraction of sp³-hybridized carbons (Fsp3) is 0.500. The normalized spacial score (nSPS) is 10.3. The highest BCUT2D eigenvalue weighted by molar-refractivity contribution is 14.1. The Morgan fingerprint density at radius 1 is 1.67 bits per heavy atom. The van der Waals surface area contributed by atoms with Gasteiger partial charge in [-0.15, -0.1) is 0 Å². The third kappa shape index (κ3) is 4.40. The van der Waals surface area contributed by atoms with E-state index in [2.05, 4.69) is 22.6 Å². The van der Waals surface area contributed by atoms with Gasteiger partial charge in [0.2, 0.25) is 0 Å².